The number of fused-ring (bicyclic) bond motifs is 1. The summed E-state index contributed by atoms with van der Waals surface area (Å²) in [7, 11) is 3.10. The van der Waals surface area contributed by atoms with Crippen LogP contribution in [0.25, 0.3) is 17.0 Å². The monoisotopic (exact) mass is 352 g/mol. The van der Waals surface area contributed by atoms with Crippen molar-refractivity contribution in [1.29, 1.82) is 0 Å². The molecule has 132 valence electrons. The summed E-state index contributed by atoms with van der Waals surface area (Å²) in [6.45, 7) is 0. The number of benzene rings is 2. The van der Waals surface area contributed by atoms with Crippen molar-refractivity contribution in [2.45, 2.75) is 0 Å². The lowest BCUT2D eigenvalue weighted by molar-refractivity contribution is -0.128. The molecule has 0 amide bonds. The molecule has 0 spiro atoms. The number of ether oxygens (including phenoxy) is 3. The highest BCUT2D eigenvalue weighted by Crippen LogP contribution is 2.25. The summed E-state index contributed by atoms with van der Waals surface area (Å²) in [5.41, 5.74) is 0.556. The maximum absolute atomic E-state index is 12.1. The standard InChI is InChI=1S/C20H16O6/c1-23-15-7-8-17(24-2)14(11-15)5-10-19(21)25-16-6-3-13-4-9-20(22)26-18(13)12-16/h3-12H,1-2H3/b10-5+. The lowest BCUT2D eigenvalue weighted by atomic mass is 10.1. The Kier molecular flexibility index (Phi) is 5.03. The highest BCUT2D eigenvalue weighted by atomic mass is 16.5. The molecule has 0 fully saturated rings. The Bertz CT molecular complexity index is 1030. The summed E-state index contributed by atoms with van der Waals surface area (Å²) in [6, 6.07) is 13.0. The van der Waals surface area contributed by atoms with E-state index in [1.165, 1.54) is 18.2 Å². The van der Waals surface area contributed by atoms with E-state index in [9.17, 15) is 9.59 Å². The smallest absolute Gasteiger partial charge is 0.336 e. The van der Waals surface area contributed by atoms with Crippen LogP contribution in [0.5, 0.6) is 17.2 Å². The lowest BCUT2D eigenvalue weighted by Gasteiger charge is -2.07. The largest absolute Gasteiger partial charge is 0.497 e. The molecule has 0 N–H and O–H groups in total. The molecule has 1 heterocycles. The Balaban J connectivity index is 1.78. The van der Waals surface area contributed by atoms with E-state index in [2.05, 4.69) is 0 Å². The summed E-state index contributed by atoms with van der Waals surface area (Å²) in [5, 5.41) is 0.737. The van der Waals surface area contributed by atoms with Gasteiger partial charge in [-0.3, -0.25) is 0 Å². The zero-order valence-corrected chi connectivity index (χ0v) is 14.2. The zero-order valence-electron chi connectivity index (χ0n) is 14.2. The fourth-order valence-corrected chi connectivity index (χ4v) is 2.38. The van der Waals surface area contributed by atoms with E-state index in [4.69, 9.17) is 18.6 Å². The van der Waals surface area contributed by atoms with Crippen LogP contribution in [0.15, 0.2) is 63.8 Å². The first-order chi connectivity index (χ1) is 12.6. The van der Waals surface area contributed by atoms with E-state index >= 15 is 0 Å². The quantitative estimate of drug-likeness (QED) is 0.303. The van der Waals surface area contributed by atoms with Crippen LogP contribution in [0, 0.1) is 0 Å². The highest BCUT2D eigenvalue weighted by Gasteiger charge is 2.06. The van der Waals surface area contributed by atoms with Gasteiger partial charge < -0.3 is 18.6 Å². The zero-order chi connectivity index (χ0) is 18.5. The Hall–Kier alpha value is -3.54. The predicted octanol–water partition coefficient (Wildman–Crippen LogP) is 3.43. The number of methoxy groups -OCH3 is 2. The summed E-state index contributed by atoms with van der Waals surface area (Å²) < 4.78 is 20.7. The summed E-state index contributed by atoms with van der Waals surface area (Å²) in [4.78, 5) is 23.4. The molecule has 1 aromatic heterocycles. The molecule has 0 unspecified atom stereocenters. The van der Waals surface area contributed by atoms with Gasteiger partial charge in [-0.1, -0.05) is 0 Å². The maximum atomic E-state index is 12.1. The molecule has 0 atom stereocenters. The molecule has 3 aromatic rings. The predicted molar refractivity (Wildman–Crippen MR) is 96.7 cm³/mol. The Morgan fingerprint density at radius 2 is 1.73 bits per heavy atom. The van der Waals surface area contributed by atoms with Crippen molar-refractivity contribution in [2.24, 2.45) is 0 Å². The molecule has 3 rings (SSSR count). The van der Waals surface area contributed by atoms with Crippen LogP contribution in [0.1, 0.15) is 5.56 Å². The van der Waals surface area contributed by atoms with Crippen LogP contribution >= 0.6 is 0 Å². The number of hydrogen-bond acceptors (Lipinski definition) is 6. The number of hydrogen-bond donors (Lipinski definition) is 0. The van der Waals surface area contributed by atoms with Gasteiger partial charge in [-0.05, 0) is 42.5 Å². The van der Waals surface area contributed by atoms with Gasteiger partial charge in [-0.15, -0.1) is 0 Å². The van der Waals surface area contributed by atoms with Gasteiger partial charge in [-0.25, -0.2) is 9.59 Å². The van der Waals surface area contributed by atoms with Gasteiger partial charge in [0.15, 0.2) is 0 Å². The molecule has 0 aliphatic rings. The minimum Gasteiger partial charge on any atom is -0.497 e. The molecule has 0 radical (unpaired) electrons. The molecular formula is C20H16O6. The third-order valence-corrected chi connectivity index (χ3v) is 3.65. The average molecular weight is 352 g/mol. The number of carbonyl (C=O) groups is 1. The average Bonchev–Trinajstić information content (AvgIpc) is 2.65. The van der Waals surface area contributed by atoms with Crippen molar-refractivity contribution in [1.82, 2.24) is 0 Å². The number of carbonyl (C=O) groups excluding carboxylic acids is 1. The second-order valence-electron chi connectivity index (χ2n) is 5.32. The van der Waals surface area contributed by atoms with Gasteiger partial charge in [0.1, 0.15) is 22.8 Å². The summed E-state index contributed by atoms with van der Waals surface area (Å²) in [6.07, 6.45) is 2.85. The highest BCUT2D eigenvalue weighted by molar-refractivity contribution is 5.90. The van der Waals surface area contributed by atoms with E-state index in [1.54, 1.807) is 56.7 Å². The first-order valence-electron chi connectivity index (χ1n) is 7.75. The molecule has 0 saturated carbocycles. The minimum absolute atomic E-state index is 0.277. The molecule has 0 aliphatic carbocycles. The van der Waals surface area contributed by atoms with Crippen LogP contribution in [-0.2, 0) is 4.79 Å². The second-order valence-corrected chi connectivity index (χ2v) is 5.32. The molecule has 2 aromatic carbocycles. The first kappa shape index (κ1) is 17.3. The van der Waals surface area contributed by atoms with E-state index in [0.717, 1.165) is 5.39 Å². The first-order valence-corrected chi connectivity index (χ1v) is 7.75. The second kappa shape index (κ2) is 7.57. The van der Waals surface area contributed by atoms with Gasteiger partial charge in [0.2, 0.25) is 0 Å². The number of esters is 1. The Labute approximate surface area is 149 Å². The normalized spacial score (nSPS) is 10.8. The maximum Gasteiger partial charge on any atom is 0.336 e. The topological polar surface area (TPSA) is 75.0 Å². The van der Waals surface area contributed by atoms with Gasteiger partial charge in [0, 0.05) is 29.2 Å². The van der Waals surface area contributed by atoms with E-state index in [1.807, 2.05) is 0 Å². The van der Waals surface area contributed by atoms with E-state index < -0.39 is 11.6 Å². The fraction of sp³-hybridized carbons (Fsp3) is 0.100. The lowest BCUT2D eigenvalue weighted by Crippen LogP contribution is -2.04. The van der Waals surface area contributed by atoms with Crippen molar-refractivity contribution in [3.63, 3.8) is 0 Å². The van der Waals surface area contributed by atoms with Crippen LogP contribution in [0.3, 0.4) is 0 Å². The third kappa shape index (κ3) is 3.92. The van der Waals surface area contributed by atoms with Crippen LogP contribution in [-0.4, -0.2) is 20.2 Å². The van der Waals surface area contributed by atoms with Crippen molar-refractivity contribution >= 4 is 23.0 Å². The van der Waals surface area contributed by atoms with Crippen molar-refractivity contribution in [3.8, 4) is 17.2 Å². The van der Waals surface area contributed by atoms with Crippen LogP contribution in [0.2, 0.25) is 0 Å². The third-order valence-electron chi connectivity index (χ3n) is 3.65. The molecule has 6 nitrogen and oxygen atoms in total. The van der Waals surface area contributed by atoms with E-state index in [-0.39, 0.29) is 5.75 Å². The SMILES string of the molecule is COc1ccc(OC)c(/C=C/C(=O)Oc2ccc3ccc(=O)oc3c2)c1. The molecule has 0 bridgehead atoms. The van der Waals surface area contributed by atoms with Crippen LogP contribution < -0.4 is 19.8 Å². The number of rotatable bonds is 5. The van der Waals surface area contributed by atoms with Crippen molar-refractivity contribution in [2.75, 3.05) is 14.2 Å². The minimum atomic E-state index is -0.576. The van der Waals surface area contributed by atoms with Gasteiger partial charge >= 0.3 is 11.6 Å². The Morgan fingerprint density at radius 1 is 0.962 bits per heavy atom. The molecule has 0 saturated heterocycles. The molecule has 26 heavy (non-hydrogen) atoms. The van der Waals surface area contributed by atoms with E-state index in [0.29, 0.717) is 22.6 Å². The van der Waals surface area contributed by atoms with Gasteiger partial charge in [0.25, 0.3) is 0 Å². The molecule has 0 aliphatic heterocycles. The van der Waals surface area contributed by atoms with Crippen LogP contribution in [0.4, 0.5) is 0 Å². The summed E-state index contributed by atoms with van der Waals surface area (Å²) >= 11 is 0. The summed E-state index contributed by atoms with van der Waals surface area (Å²) in [5.74, 6) is 0.942. The Morgan fingerprint density at radius 3 is 2.50 bits per heavy atom. The van der Waals surface area contributed by atoms with Crippen molar-refractivity contribution in [3.05, 3.63) is 70.6 Å². The van der Waals surface area contributed by atoms with Gasteiger partial charge in [0.05, 0.1) is 14.2 Å². The fourth-order valence-electron chi connectivity index (χ4n) is 2.38. The molecular weight excluding hydrogens is 336 g/mol. The van der Waals surface area contributed by atoms with Crippen molar-refractivity contribution < 1.29 is 23.4 Å². The molecule has 6 heteroatoms. The van der Waals surface area contributed by atoms with Gasteiger partial charge in [-0.2, -0.15) is 0 Å².